The minimum absolute atomic E-state index is 1.18. The summed E-state index contributed by atoms with van der Waals surface area (Å²) in [5, 5.41) is 3.84. The number of nitrogens with one attached hydrogen (secondary N) is 2. The Kier molecular flexibility index (Phi) is 5.17. The van der Waals surface area contributed by atoms with E-state index in [1.54, 1.807) is 0 Å². The summed E-state index contributed by atoms with van der Waals surface area (Å²) in [7, 11) is 0. The van der Waals surface area contributed by atoms with Gasteiger partial charge in [0.1, 0.15) is 0 Å². The van der Waals surface area contributed by atoms with Crippen molar-refractivity contribution in [3.05, 3.63) is 133 Å². The first-order valence-electron chi connectivity index (χ1n) is 11.5. The molecule has 0 fully saturated rings. The third kappa shape index (κ3) is 3.87. The number of aromatic nitrogens is 2. The van der Waals surface area contributed by atoms with E-state index in [0.29, 0.717) is 0 Å². The Morgan fingerprint density at radius 3 is 1.74 bits per heavy atom. The zero-order valence-electron chi connectivity index (χ0n) is 18.7. The van der Waals surface area contributed by atoms with Crippen molar-refractivity contribution in [2.75, 3.05) is 0 Å². The van der Waals surface area contributed by atoms with Gasteiger partial charge in [0.25, 0.3) is 0 Å². The highest BCUT2D eigenvalue weighted by Gasteiger charge is 2.05. The maximum atomic E-state index is 3.46. The lowest BCUT2D eigenvalue weighted by atomic mass is 10.0. The molecule has 2 aromatic heterocycles. The molecule has 34 heavy (non-hydrogen) atoms. The summed E-state index contributed by atoms with van der Waals surface area (Å²) < 4.78 is 0. The molecule has 0 aliphatic rings. The van der Waals surface area contributed by atoms with E-state index in [-0.39, 0.29) is 0 Å². The second-order valence-corrected chi connectivity index (χ2v) is 8.43. The Morgan fingerprint density at radius 1 is 0.353 bits per heavy atom. The third-order valence-corrected chi connectivity index (χ3v) is 6.23. The van der Waals surface area contributed by atoms with Gasteiger partial charge in [-0.1, -0.05) is 103 Å². The molecular formula is C32H24N2. The Bertz CT molecular complexity index is 1660. The van der Waals surface area contributed by atoms with Crippen molar-refractivity contribution in [3.8, 4) is 22.4 Å². The van der Waals surface area contributed by atoms with Crippen molar-refractivity contribution >= 4 is 32.7 Å². The van der Waals surface area contributed by atoms with Crippen molar-refractivity contribution in [2.24, 2.45) is 0 Å². The van der Waals surface area contributed by atoms with Gasteiger partial charge in [-0.15, -0.1) is 0 Å². The minimum Gasteiger partial charge on any atom is -0.355 e. The van der Waals surface area contributed by atoms with Gasteiger partial charge in [-0.25, -0.2) is 0 Å². The van der Waals surface area contributed by atoms with Crippen LogP contribution in [0.4, 0.5) is 0 Å². The molecule has 0 saturated carbocycles. The first-order valence-corrected chi connectivity index (χ1v) is 11.5. The standard InChI is InChI=1S/C18H13N.C14H11N/c1-2-6-13(7-3-1)14-10-11-18-16(12-14)15-8-4-5-9-17(15)19-18;1-2-6-11(7-3-1)14-10-12-8-4-5-9-13(12)15-14/h1-12,19H;1-10,15H. The van der Waals surface area contributed by atoms with Crippen molar-refractivity contribution in [1.29, 1.82) is 0 Å². The van der Waals surface area contributed by atoms with E-state index in [4.69, 9.17) is 0 Å². The molecule has 162 valence electrons. The van der Waals surface area contributed by atoms with E-state index in [1.807, 2.05) is 18.2 Å². The second kappa shape index (κ2) is 8.76. The quantitative estimate of drug-likeness (QED) is 0.271. The number of fused-ring (bicyclic) bond motifs is 4. The zero-order chi connectivity index (χ0) is 22.7. The van der Waals surface area contributed by atoms with E-state index in [0.717, 1.165) is 0 Å². The molecule has 2 nitrogen and oxygen atoms in total. The number of hydrogen-bond donors (Lipinski definition) is 2. The highest BCUT2D eigenvalue weighted by Crippen LogP contribution is 2.29. The van der Waals surface area contributed by atoms with Crippen LogP contribution in [0.25, 0.3) is 55.1 Å². The minimum atomic E-state index is 1.18. The van der Waals surface area contributed by atoms with Crippen LogP contribution in [0.2, 0.25) is 0 Å². The smallest absolute Gasteiger partial charge is 0.0465 e. The van der Waals surface area contributed by atoms with Crippen molar-refractivity contribution in [2.45, 2.75) is 0 Å². The van der Waals surface area contributed by atoms with E-state index in [2.05, 4.69) is 125 Å². The summed E-state index contributed by atoms with van der Waals surface area (Å²) >= 11 is 0. The molecule has 7 aromatic rings. The van der Waals surface area contributed by atoms with Gasteiger partial charge in [-0.2, -0.15) is 0 Å². The van der Waals surface area contributed by atoms with Crippen molar-refractivity contribution in [1.82, 2.24) is 9.97 Å². The third-order valence-electron chi connectivity index (χ3n) is 6.23. The number of H-pyrrole nitrogens is 2. The van der Waals surface area contributed by atoms with Crippen LogP contribution in [0.3, 0.4) is 0 Å². The molecule has 0 bridgehead atoms. The molecule has 0 spiro atoms. The SMILES string of the molecule is c1ccc(-c2cc3ccccc3[nH]2)cc1.c1ccc(-c2ccc3[nH]c4ccccc4c3c2)cc1. The number of benzene rings is 5. The average Bonchev–Trinajstić information content (AvgIpc) is 3.51. The molecule has 2 N–H and O–H groups in total. The lowest BCUT2D eigenvalue weighted by Gasteiger charge is -2.01. The van der Waals surface area contributed by atoms with E-state index in [9.17, 15) is 0 Å². The molecule has 2 heteroatoms. The maximum absolute atomic E-state index is 3.46. The Hall–Kier alpha value is -4.56. The summed E-state index contributed by atoms with van der Waals surface area (Å²) in [6.07, 6.45) is 0. The van der Waals surface area contributed by atoms with Gasteiger partial charge >= 0.3 is 0 Å². The highest BCUT2D eigenvalue weighted by atomic mass is 14.7. The number of rotatable bonds is 2. The summed E-state index contributed by atoms with van der Waals surface area (Å²) in [5.74, 6) is 0. The molecule has 2 heterocycles. The number of hydrogen-bond acceptors (Lipinski definition) is 0. The fourth-order valence-electron chi connectivity index (χ4n) is 4.50. The molecule has 0 atom stereocenters. The van der Waals surface area contributed by atoms with E-state index >= 15 is 0 Å². The summed E-state index contributed by atoms with van der Waals surface area (Å²) in [5.41, 5.74) is 8.51. The van der Waals surface area contributed by atoms with Gasteiger partial charge in [0.05, 0.1) is 0 Å². The van der Waals surface area contributed by atoms with Gasteiger partial charge in [-0.05, 0) is 47.0 Å². The van der Waals surface area contributed by atoms with Crippen LogP contribution in [0, 0.1) is 0 Å². The first-order chi connectivity index (χ1) is 16.8. The molecule has 0 radical (unpaired) electrons. The van der Waals surface area contributed by atoms with Gasteiger partial charge in [0, 0.05) is 38.4 Å². The lowest BCUT2D eigenvalue weighted by molar-refractivity contribution is 1.45. The molecule has 0 amide bonds. The summed E-state index contributed by atoms with van der Waals surface area (Å²) in [6, 6.07) is 46.4. The van der Waals surface area contributed by atoms with Crippen molar-refractivity contribution in [3.63, 3.8) is 0 Å². The van der Waals surface area contributed by atoms with Crippen molar-refractivity contribution < 1.29 is 0 Å². The summed E-state index contributed by atoms with van der Waals surface area (Å²) in [6.45, 7) is 0. The fraction of sp³-hybridized carbons (Fsp3) is 0. The van der Waals surface area contributed by atoms with Crippen LogP contribution in [-0.2, 0) is 0 Å². The normalized spacial score (nSPS) is 10.9. The van der Waals surface area contributed by atoms with E-state index < -0.39 is 0 Å². The van der Waals surface area contributed by atoms with Gasteiger partial charge in [0.2, 0.25) is 0 Å². The zero-order valence-corrected chi connectivity index (χ0v) is 18.7. The molecule has 0 unspecified atom stereocenters. The van der Waals surface area contributed by atoms with Crippen LogP contribution in [0.15, 0.2) is 133 Å². The predicted octanol–water partition coefficient (Wildman–Crippen LogP) is 8.82. The molecule has 0 saturated heterocycles. The van der Waals surface area contributed by atoms with Crippen LogP contribution < -0.4 is 0 Å². The maximum Gasteiger partial charge on any atom is 0.0465 e. The molecule has 5 aromatic carbocycles. The average molecular weight is 437 g/mol. The molecule has 0 aliphatic heterocycles. The van der Waals surface area contributed by atoms with Crippen LogP contribution >= 0.6 is 0 Å². The number of aromatic amines is 2. The fourth-order valence-corrected chi connectivity index (χ4v) is 4.50. The van der Waals surface area contributed by atoms with Gasteiger partial charge in [0.15, 0.2) is 0 Å². The largest absolute Gasteiger partial charge is 0.355 e. The first kappa shape index (κ1) is 20.1. The van der Waals surface area contributed by atoms with Crippen LogP contribution in [0.5, 0.6) is 0 Å². The highest BCUT2D eigenvalue weighted by molar-refractivity contribution is 6.08. The predicted molar refractivity (Wildman–Crippen MR) is 145 cm³/mol. The molecule has 0 aliphatic carbocycles. The second-order valence-electron chi connectivity index (χ2n) is 8.43. The van der Waals surface area contributed by atoms with Crippen LogP contribution in [-0.4, -0.2) is 9.97 Å². The van der Waals surface area contributed by atoms with Crippen LogP contribution in [0.1, 0.15) is 0 Å². The Balaban J connectivity index is 0.000000132. The topological polar surface area (TPSA) is 31.6 Å². The Morgan fingerprint density at radius 2 is 0.971 bits per heavy atom. The molecule has 7 rings (SSSR count). The number of para-hydroxylation sites is 2. The Labute approximate surface area is 198 Å². The monoisotopic (exact) mass is 436 g/mol. The summed E-state index contributed by atoms with van der Waals surface area (Å²) in [4.78, 5) is 6.87. The lowest BCUT2D eigenvalue weighted by Crippen LogP contribution is -1.76. The van der Waals surface area contributed by atoms with Gasteiger partial charge < -0.3 is 9.97 Å². The van der Waals surface area contributed by atoms with E-state index in [1.165, 1.54) is 55.1 Å². The molecular weight excluding hydrogens is 412 g/mol. The van der Waals surface area contributed by atoms with Gasteiger partial charge in [-0.3, -0.25) is 0 Å².